The van der Waals surface area contributed by atoms with Gasteiger partial charge in [-0.05, 0) is 52.0 Å². The summed E-state index contributed by atoms with van der Waals surface area (Å²) in [5, 5.41) is 11.7. The predicted molar refractivity (Wildman–Crippen MR) is 117 cm³/mol. The molecule has 0 aliphatic carbocycles. The zero-order valence-corrected chi connectivity index (χ0v) is 18.7. The molecule has 2 atom stereocenters. The Labute approximate surface area is 190 Å². The van der Waals surface area contributed by atoms with Gasteiger partial charge in [0.05, 0.1) is 11.1 Å². The average molecular weight is 455 g/mol. The fourth-order valence-electron chi connectivity index (χ4n) is 2.74. The Morgan fingerprint density at radius 1 is 0.727 bits per heavy atom. The molecule has 2 rings (SSSR count). The number of nitrogens with one attached hydrogen (secondary N) is 1. The van der Waals surface area contributed by atoms with Crippen LogP contribution in [0.3, 0.4) is 0 Å². The monoisotopic (exact) mass is 455 g/mol. The van der Waals surface area contributed by atoms with E-state index in [4.69, 9.17) is 9.47 Å². The van der Waals surface area contributed by atoms with Crippen LogP contribution in [0.15, 0.2) is 48.5 Å². The molecule has 0 heterocycles. The second-order valence-electron chi connectivity index (χ2n) is 7.72. The van der Waals surface area contributed by atoms with E-state index < -0.39 is 47.8 Å². The summed E-state index contributed by atoms with van der Waals surface area (Å²) in [5.41, 5.74) is 1.81. The van der Waals surface area contributed by atoms with Crippen molar-refractivity contribution in [3.05, 3.63) is 70.8 Å². The highest BCUT2D eigenvalue weighted by Gasteiger charge is 2.43. The normalized spacial score (nSPS) is 12.4. The number of Topliss-reactive ketones (excluding diaryl/α,β-unsaturated/α-hetero) is 1. The first-order valence-electron chi connectivity index (χ1n) is 10.1. The van der Waals surface area contributed by atoms with Gasteiger partial charge in [0, 0.05) is 6.04 Å². The molecule has 33 heavy (non-hydrogen) atoms. The van der Waals surface area contributed by atoms with Gasteiger partial charge in [-0.3, -0.25) is 9.59 Å². The number of aryl methyl sites for hydroxylation is 2. The van der Waals surface area contributed by atoms with Gasteiger partial charge in [0.25, 0.3) is 11.7 Å². The lowest BCUT2D eigenvalue weighted by Gasteiger charge is -2.25. The van der Waals surface area contributed by atoms with Crippen molar-refractivity contribution >= 4 is 29.6 Å². The molecule has 2 N–H and O–H groups in total. The highest BCUT2D eigenvalue weighted by Crippen LogP contribution is 2.15. The van der Waals surface area contributed by atoms with Crippen LogP contribution in [0.25, 0.3) is 0 Å². The van der Waals surface area contributed by atoms with Gasteiger partial charge in [-0.25, -0.2) is 14.4 Å². The van der Waals surface area contributed by atoms with E-state index in [1.165, 1.54) is 24.3 Å². The second kappa shape index (κ2) is 11.0. The largest absolute Gasteiger partial charge is 0.475 e. The molecule has 0 saturated carbocycles. The molecule has 0 unspecified atom stereocenters. The maximum Gasteiger partial charge on any atom is 0.376 e. The van der Waals surface area contributed by atoms with Crippen LogP contribution in [0.4, 0.5) is 0 Å². The number of amides is 1. The molecule has 0 spiro atoms. The minimum absolute atomic E-state index is 0.0247. The maximum atomic E-state index is 12.8. The van der Waals surface area contributed by atoms with E-state index in [-0.39, 0.29) is 11.1 Å². The Bertz CT molecular complexity index is 1040. The van der Waals surface area contributed by atoms with Crippen molar-refractivity contribution in [2.24, 2.45) is 0 Å². The van der Waals surface area contributed by atoms with Crippen LogP contribution in [0.1, 0.15) is 45.7 Å². The number of carbonyl (C=O) groups is 5. The summed E-state index contributed by atoms with van der Waals surface area (Å²) in [4.78, 5) is 61.9. The van der Waals surface area contributed by atoms with Gasteiger partial charge in [-0.2, -0.15) is 0 Å². The van der Waals surface area contributed by atoms with Gasteiger partial charge in [0.2, 0.25) is 12.2 Å². The number of carbonyl (C=O) groups excluding carboxylic acids is 4. The fourth-order valence-corrected chi connectivity index (χ4v) is 2.74. The number of benzene rings is 2. The Hall–Kier alpha value is -4.01. The molecular formula is C24H25NO8. The molecule has 0 aliphatic rings. The lowest BCUT2D eigenvalue weighted by Crippen LogP contribution is -2.53. The number of carboxylic acid groups (broad SMARTS) is 1. The average Bonchev–Trinajstić information content (AvgIpc) is 2.75. The van der Waals surface area contributed by atoms with Gasteiger partial charge in [0.15, 0.2) is 0 Å². The number of ether oxygens (including phenoxy) is 2. The van der Waals surface area contributed by atoms with Crippen molar-refractivity contribution in [3.8, 4) is 0 Å². The van der Waals surface area contributed by atoms with Crippen LogP contribution in [0, 0.1) is 13.8 Å². The van der Waals surface area contributed by atoms with Crippen LogP contribution in [0.5, 0.6) is 0 Å². The second-order valence-corrected chi connectivity index (χ2v) is 7.72. The molecule has 1 amide bonds. The summed E-state index contributed by atoms with van der Waals surface area (Å²) in [7, 11) is 0. The smallest absolute Gasteiger partial charge is 0.376 e. The third-order valence-electron chi connectivity index (χ3n) is 4.48. The Kier molecular flexibility index (Phi) is 8.44. The first kappa shape index (κ1) is 25.3. The molecule has 0 saturated heterocycles. The lowest BCUT2D eigenvalue weighted by molar-refractivity contribution is -0.159. The van der Waals surface area contributed by atoms with Crippen LogP contribution >= 0.6 is 0 Å². The van der Waals surface area contributed by atoms with Crippen molar-refractivity contribution in [2.75, 3.05) is 0 Å². The first-order chi connectivity index (χ1) is 15.5. The Morgan fingerprint density at radius 2 is 1.12 bits per heavy atom. The maximum absolute atomic E-state index is 12.8. The van der Waals surface area contributed by atoms with Gasteiger partial charge < -0.3 is 19.9 Å². The van der Waals surface area contributed by atoms with Crippen LogP contribution in [-0.4, -0.2) is 53.0 Å². The Morgan fingerprint density at radius 3 is 1.48 bits per heavy atom. The molecular weight excluding hydrogens is 430 g/mol. The van der Waals surface area contributed by atoms with Crippen molar-refractivity contribution in [1.82, 2.24) is 5.32 Å². The predicted octanol–water partition coefficient (Wildman–Crippen LogP) is 2.23. The van der Waals surface area contributed by atoms with Crippen LogP contribution < -0.4 is 5.32 Å². The summed E-state index contributed by atoms with van der Waals surface area (Å²) in [5.74, 6) is -6.60. The Balaban J connectivity index is 2.41. The number of carboxylic acids is 1. The minimum atomic E-state index is -2.20. The number of esters is 2. The van der Waals surface area contributed by atoms with E-state index >= 15 is 0 Å². The SMILES string of the molecule is Cc1ccc(C(=O)O[C@H](C(=O)NC(C)C)[C@H](OC(=O)c2ccc(C)cc2)C(=O)C(=O)O)cc1. The van der Waals surface area contributed by atoms with Gasteiger partial charge >= 0.3 is 17.9 Å². The number of aliphatic carboxylic acids is 1. The summed E-state index contributed by atoms with van der Waals surface area (Å²) < 4.78 is 10.3. The summed E-state index contributed by atoms with van der Waals surface area (Å²) in [6.07, 6.45) is -4.23. The summed E-state index contributed by atoms with van der Waals surface area (Å²) in [6, 6.07) is 11.8. The standard InChI is InChI=1S/C24H25NO8/c1-13(2)25-21(27)20(33-24(31)17-11-7-15(4)8-12-17)19(18(26)22(28)29)32-23(30)16-9-5-14(3)6-10-16/h5-13,19-20H,1-4H3,(H,25,27)(H,28,29)/t19-,20+/m1/s1. The van der Waals surface area contributed by atoms with E-state index in [0.29, 0.717) is 0 Å². The molecule has 2 aromatic carbocycles. The third-order valence-corrected chi connectivity index (χ3v) is 4.48. The van der Waals surface area contributed by atoms with Gasteiger partial charge in [-0.1, -0.05) is 35.4 Å². The molecule has 0 aromatic heterocycles. The lowest BCUT2D eigenvalue weighted by atomic mass is 10.1. The summed E-state index contributed by atoms with van der Waals surface area (Å²) in [6.45, 7) is 6.83. The molecule has 0 fully saturated rings. The van der Waals surface area contributed by atoms with E-state index in [0.717, 1.165) is 11.1 Å². The third kappa shape index (κ3) is 6.99. The van der Waals surface area contributed by atoms with E-state index in [2.05, 4.69) is 5.32 Å². The number of hydrogen-bond acceptors (Lipinski definition) is 7. The molecule has 0 radical (unpaired) electrons. The van der Waals surface area contributed by atoms with Gasteiger partial charge in [0.1, 0.15) is 0 Å². The highest BCUT2D eigenvalue weighted by molar-refractivity contribution is 6.35. The molecule has 2 aromatic rings. The van der Waals surface area contributed by atoms with E-state index in [1.54, 1.807) is 52.0 Å². The zero-order chi connectivity index (χ0) is 24.7. The zero-order valence-electron chi connectivity index (χ0n) is 18.7. The van der Waals surface area contributed by atoms with Crippen molar-refractivity contribution in [1.29, 1.82) is 0 Å². The molecule has 0 aliphatic heterocycles. The van der Waals surface area contributed by atoms with E-state index in [1.807, 2.05) is 0 Å². The van der Waals surface area contributed by atoms with Crippen molar-refractivity contribution in [3.63, 3.8) is 0 Å². The number of hydrogen-bond donors (Lipinski definition) is 2. The fraction of sp³-hybridized carbons (Fsp3) is 0.292. The van der Waals surface area contributed by atoms with Crippen molar-refractivity contribution < 1.29 is 38.6 Å². The van der Waals surface area contributed by atoms with Gasteiger partial charge in [-0.15, -0.1) is 0 Å². The molecule has 0 bridgehead atoms. The quantitative estimate of drug-likeness (QED) is 0.434. The number of ketones is 1. The topological polar surface area (TPSA) is 136 Å². The highest BCUT2D eigenvalue weighted by atomic mass is 16.6. The molecule has 9 nitrogen and oxygen atoms in total. The van der Waals surface area contributed by atoms with Crippen LogP contribution in [0.2, 0.25) is 0 Å². The number of rotatable bonds is 9. The minimum Gasteiger partial charge on any atom is -0.475 e. The molecule has 174 valence electrons. The summed E-state index contributed by atoms with van der Waals surface area (Å²) >= 11 is 0. The molecule has 9 heteroatoms. The van der Waals surface area contributed by atoms with Crippen molar-refractivity contribution in [2.45, 2.75) is 45.9 Å². The van der Waals surface area contributed by atoms with Crippen LogP contribution in [-0.2, 0) is 23.9 Å². The van der Waals surface area contributed by atoms with E-state index in [9.17, 15) is 29.1 Å². The first-order valence-corrected chi connectivity index (χ1v) is 10.1.